The normalized spacial score (nSPS) is 11.9. The van der Waals surface area contributed by atoms with Gasteiger partial charge in [-0.2, -0.15) is 0 Å². The Balaban J connectivity index is 0. The van der Waals surface area contributed by atoms with Gasteiger partial charge in [0, 0.05) is 32.7 Å². The van der Waals surface area contributed by atoms with Gasteiger partial charge >= 0.3 is 0 Å². The van der Waals surface area contributed by atoms with Gasteiger partial charge in [-0.15, -0.1) is 12.4 Å². The number of nitrogens with two attached hydrogens (primary N) is 1. The summed E-state index contributed by atoms with van der Waals surface area (Å²) in [6.07, 6.45) is 32.6. The van der Waals surface area contributed by atoms with Crippen LogP contribution in [0, 0.1) is 0 Å². The zero-order valence-corrected chi connectivity index (χ0v) is 27.8. The molecular formula is C34H71ClN2O3. The van der Waals surface area contributed by atoms with Gasteiger partial charge in [0.05, 0.1) is 12.7 Å². The number of carbonyl (C=O) groups excluding carboxylic acids is 1. The minimum Gasteiger partial charge on any atom is -0.379 e. The third-order valence-corrected chi connectivity index (χ3v) is 7.70. The molecule has 0 radical (unpaired) electrons. The van der Waals surface area contributed by atoms with E-state index in [4.69, 9.17) is 15.2 Å². The van der Waals surface area contributed by atoms with E-state index in [1.807, 2.05) is 0 Å². The molecule has 242 valence electrons. The lowest BCUT2D eigenvalue weighted by molar-refractivity contribution is -0.122. The van der Waals surface area contributed by atoms with Crippen LogP contribution in [0.15, 0.2) is 0 Å². The first-order valence-corrected chi connectivity index (χ1v) is 17.4. The number of amides is 1. The van der Waals surface area contributed by atoms with Crippen LogP contribution in [0.5, 0.6) is 0 Å². The molecule has 0 saturated carbocycles. The molecule has 1 atom stereocenters. The highest BCUT2D eigenvalue weighted by molar-refractivity contribution is 5.85. The summed E-state index contributed by atoms with van der Waals surface area (Å²) < 4.78 is 12.0. The standard InChI is InChI=1S/C34H70N2O3.ClH/c1-3-5-7-9-11-13-15-17-19-21-23-25-29-38-32-33(31-36-34(37)27-28-35)39-30-26-24-22-20-18-16-14-12-10-8-6-4-2;/h33H,3-32,35H2,1-2H3,(H,36,37);1H. The summed E-state index contributed by atoms with van der Waals surface area (Å²) in [5.41, 5.74) is 5.50. The molecule has 1 unspecified atom stereocenters. The Hall–Kier alpha value is -0.360. The van der Waals surface area contributed by atoms with Crippen LogP contribution in [-0.4, -0.2) is 44.9 Å². The van der Waals surface area contributed by atoms with Crippen molar-refractivity contribution in [1.82, 2.24) is 5.32 Å². The van der Waals surface area contributed by atoms with Crippen molar-refractivity contribution in [2.75, 3.05) is 32.9 Å². The minimum atomic E-state index is -0.0724. The molecule has 0 rings (SSSR count). The second-order valence-corrected chi connectivity index (χ2v) is 11.7. The molecule has 6 heteroatoms. The molecule has 0 aliphatic carbocycles. The first-order valence-electron chi connectivity index (χ1n) is 17.4. The van der Waals surface area contributed by atoms with Gasteiger partial charge < -0.3 is 20.5 Å². The van der Waals surface area contributed by atoms with Crippen molar-refractivity contribution in [3.63, 3.8) is 0 Å². The maximum absolute atomic E-state index is 11.9. The van der Waals surface area contributed by atoms with Gasteiger partial charge in [-0.1, -0.05) is 155 Å². The number of halogens is 1. The summed E-state index contributed by atoms with van der Waals surface area (Å²) in [4.78, 5) is 11.9. The third kappa shape index (κ3) is 33.8. The molecule has 0 saturated heterocycles. The second-order valence-electron chi connectivity index (χ2n) is 11.7. The molecule has 0 aliphatic heterocycles. The minimum absolute atomic E-state index is 0. The molecule has 1 amide bonds. The lowest BCUT2D eigenvalue weighted by Gasteiger charge is -2.19. The molecule has 0 heterocycles. The average molecular weight is 591 g/mol. The van der Waals surface area contributed by atoms with Gasteiger partial charge in [-0.3, -0.25) is 4.79 Å². The predicted octanol–water partition coefficient (Wildman–Crippen LogP) is 9.68. The zero-order chi connectivity index (χ0) is 28.5. The van der Waals surface area contributed by atoms with E-state index in [-0.39, 0.29) is 24.4 Å². The Bertz CT molecular complexity index is 482. The summed E-state index contributed by atoms with van der Waals surface area (Å²) in [7, 11) is 0. The molecule has 3 N–H and O–H groups in total. The van der Waals surface area contributed by atoms with E-state index >= 15 is 0 Å². The SMILES string of the molecule is CCCCCCCCCCCCCCOCC(CNC(=O)CCN)OCCCCCCCCCCCCCC.Cl. The highest BCUT2D eigenvalue weighted by atomic mass is 35.5. The number of hydrogen-bond donors (Lipinski definition) is 2. The maximum atomic E-state index is 11.9. The van der Waals surface area contributed by atoms with E-state index in [0.717, 1.165) is 26.1 Å². The van der Waals surface area contributed by atoms with Crippen LogP contribution in [0.2, 0.25) is 0 Å². The van der Waals surface area contributed by atoms with E-state index in [9.17, 15) is 4.79 Å². The highest BCUT2D eigenvalue weighted by Crippen LogP contribution is 2.13. The molecule has 0 aromatic rings. The summed E-state index contributed by atoms with van der Waals surface area (Å²) in [6, 6.07) is 0. The third-order valence-electron chi connectivity index (χ3n) is 7.70. The Labute approximate surface area is 256 Å². The van der Waals surface area contributed by atoms with Crippen LogP contribution in [0.3, 0.4) is 0 Å². The molecule has 0 fully saturated rings. The average Bonchev–Trinajstić information content (AvgIpc) is 2.94. The topological polar surface area (TPSA) is 73.6 Å². The smallest absolute Gasteiger partial charge is 0.221 e. The Morgan fingerprint density at radius 2 is 0.975 bits per heavy atom. The predicted molar refractivity (Wildman–Crippen MR) is 177 cm³/mol. The molecular weight excluding hydrogens is 520 g/mol. The molecule has 0 aliphatic rings. The molecule has 0 aromatic heterocycles. The van der Waals surface area contributed by atoms with Crippen LogP contribution in [-0.2, 0) is 14.3 Å². The van der Waals surface area contributed by atoms with E-state index < -0.39 is 0 Å². The summed E-state index contributed by atoms with van der Waals surface area (Å²) in [5.74, 6) is -0.00239. The second kappa shape index (κ2) is 36.7. The van der Waals surface area contributed by atoms with Gasteiger partial charge in [-0.25, -0.2) is 0 Å². The largest absolute Gasteiger partial charge is 0.379 e. The summed E-state index contributed by atoms with van der Waals surface area (Å²) in [5, 5.41) is 2.96. The lowest BCUT2D eigenvalue weighted by Crippen LogP contribution is -2.37. The van der Waals surface area contributed by atoms with Gasteiger partial charge in [-0.05, 0) is 12.8 Å². The van der Waals surface area contributed by atoms with Crippen molar-refractivity contribution in [3.8, 4) is 0 Å². The molecule has 0 bridgehead atoms. The molecule has 0 aromatic carbocycles. The first-order chi connectivity index (χ1) is 19.2. The monoisotopic (exact) mass is 591 g/mol. The van der Waals surface area contributed by atoms with E-state index in [0.29, 0.717) is 26.1 Å². The fourth-order valence-corrected chi connectivity index (χ4v) is 5.07. The Morgan fingerprint density at radius 3 is 1.38 bits per heavy atom. The van der Waals surface area contributed by atoms with Crippen molar-refractivity contribution in [2.45, 2.75) is 180 Å². The Morgan fingerprint density at radius 1 is 0.600 bits per heavy atom. The number of nitrogens with one attached hydrogen (secondary N) is 1. The Kier molecular flexibility index (Phi) is 38.3. The highest BCUT2D eigenvalue weighted by Gasteiger charge is 2.11. The van der Waals surface area contributed by atoms with E-state index in [2.05, 4.69) is 19.2 Å². The fraction of sp³-hybridized carbons (Fsp3) is 0.971. The number of unbranched alkanes of at least 4 members (excludes halogenated alkanes) is 22. The fourth-order valence-electron chi connectivity index (χ4n) is 5.07. The maximum Gasteiger partial charge on any atom is 0.221 e. The lowest BCUT2D eigenvalue weighted by atomic mass is 10.1. The first kappa shape index (κ1) is 41.8. The van der Waals surface area contributed by atoms with Gasteiger partial charge in [0.2, 0.25) is 5.91 Å². The van der Waals surface area contributed by atoms with Crippen molar-refractivity contribution in [1.29, 1.82) is 0 Å². The van der Waals surface area contributed by atoms with Gasteiger partial charge in [0.1, 0.15) is 0 Å². The molecule has 5 nitrogen and oxygen atoms in total. The van der Waals surface area contributed by atoms with E-state index in [1.165, 1.54) is 141 Å². The van der Waals surface area contributed by atoms with Crippen molar-refractivity contribution < 1.29 is 14.3 Å². The van der Waals surface area contributed by atoms with Gasteiger partial charge in [0.25, 0.3) is 0 Å². The summed E-state index contributed by atoms with van der Waals surface area (Å²) >= 11 is 0. The van der Waals surface area contributed by atoms with Crippen molar-refractivity contribution in [2.24, 2.45) is 5.73 Å². The number of ether oxygens (including phenoxy) is 2. The van der Waals surface area contributed by atoms with Crippen LogP contribution >= 0.6 is 12.4 Å². The molecule has 0 spiro atoms. The number of hydrogen-bond acceptors (Lipinski definition) is 4. The zero-order valence-electron chi connectivity index (χ0n) is 27.0. The van der Waals surface area contributed by atoms with Crippen LogP contribution in [0.25, 0.3) is 0 Å². The van der Waals surface area contributed by atoms with Crippen molar-refractivity contribution in [3.05, 3.63) is 0 Å². The number of carbonyl (C=O) groups is 1. The molecule has 40 heavy (non-hydrogen) atoms. The quantitative estimate of drug-likeness (QED) is 0.0746. The van der Waals surface area contributed by atoms with Crippen molar-refractivity contribution >= 4 is 18.3 Å². The van der Waals surface area contributed by atoms with Crippen LogP contribution < -0.4 is 11.1 Å². The summed E-state index contributed by atoms with van der Waals surface area (Å²) in [6.45, 7) is 7.54. The van der Waals surface area contributed by atoms with Crippen LogP contribution in [0.4, 0.5) is 0 Å². The van der Waals surface area contributed by atoms with Gasteiger partial charge in [0.15, 0.2) is 0 Å². The number of rotatable bonds is 33. The van der Waals surface area contributed by atoms with E-state index in [1.54, 1.807) is 0 Å². The van der Waals surface area contributed by atoms with Crippen LogP contribution in [0.1, 0.15) is 174 Å².